The number of carbonyl (C=O) groups is 3. The highest BCUT2D eigenvalue weighted by molar-refractivity contribution is 7.89. The number of amides is 2. The Bertz CT molecular complexity index is 1830. The van der Waals surface area contributed by atoms with Gasteiger partial charge in [0.1, 0.15) is 16.6 Å². The predicted octanol–water partition coefficient (Wildman–Crippen LogP) is 4.80. The molecule has 2 aliphatic heterocycles. The van der Waals surface area contributed by atoms with E-state index in [4.69, 9.17) is 16.3 Å². The van der Waals surface area contributed by atoms with Crippen LogP contribution in [0.15, 0.2) is 65.6 Å². The van der Waals surface area contributed by atoms with E-state index in [1.165, 1.54) is 58.8 Å². The topological polar surface area (TPSA) is 138 Å². The number of esters is 1. The molecule has 2 aromatic carbocycles. The van der Waals surface area contributed by atoms with E-state index in [1.807, 2.05) is 0 Å². The highest BCUT2D eigenvalue weighted by Gasteiger charge is 2.37. The number of nitrogens with zero attached hydrogens (tertiary/aromatic N) is 4. The number of hydrogen-bond acceptors (Lipinski definition) is 9. The largest absolute Gasteiger partial charge is 0.465 e. The van der Waals surface area contributed by atoms with Crippen molar-refractivity contribution in [1.82, 2.24) is 14.6 Å². The van der Waals surface area contributed by atoms with Gasteiger partial charge in [0.2, 0.25) is 15.9 Å². The monoisotopic (exact) mass is 719 g/mol. The molecule has 1 aromatic heterocycles. The maximum absolute atomic E-state index is 15.6. The number of hydrogen-bond donors (Lipinski definition) is 1. The van der Waals surface area contributed by atoms with Crippen molar-refractivity contribution in [3.05, 3.63) is 82.5 Å². The Labute approximate surface area is 288 Å². The molecular formula is C33H36ClF2N5O7S. The highest BCUT2D eigenvalue weighted by Crippen LogP contribution is 2.38. The van der Waals surface area contributed by atoms with E-state index in [0.717, 1.165) is 18.2 Å². The SMILES string of the molecule is COC(=O)c1ccc(C(F)(F)c2cc(Cl)nc(N3CCN(S(=O)(=O)c4ccc(N5C[C@H](NC(=O)OC(C)(C)C)CC5=O)cc4)CC3)c2)cc1. The van der Waals surface area contributed by atoms with Crippen LogP contribution in [0.25, 0.3) is 0 Å². The molecule has 262 valence electrons. The Kier molecular flexibility index (Phi) is 10.2. The van der Waals surface area contributed by atoms with E-state index < -0.39 is 45.2 Å². The first-order valence-electron chi connectivity index (χ1n) is 15.4. The highest BCUT2D eigenvalue weighted by atomic mass is 35.5. The van der Waals surface area contributed by atoms with E-state index in [9.17, 15) is 22.8 Å². The molecule has 2 aliphatic rings. The molecule has 3 heterocycles. The standard InChI is InChI=1S/C33H36ClF2N5O7S/c1-32(2,3)48-31(44)37-24-19-29(42)41(20-24)25-9-11-26(12-10-25)49(45,46)40-15-13-39(14-16-40)28-18-23(17-27(34)38-28)33(35,36)22-7-5-21(6-8-22)30(43)47-4/h5-12,17-18,24H,13-16,19-20H2,1-4H3,(H,37,44)/t24-/m1/s1. The second-order valence-electron chi connectivity index (χ2n) is 12.6. The molecular weight excluding hydrogens is 684 g/mol. The number of sulfonamides is 1. The zero-order valence-corrected chi connectivity index (χ0v) is 28.9. The lowest BCUT2D eigenvalue weighted by atomic mass is 9.99. The molecule has 0 radical (unpaired) electrons. The lowest BCUT2D eigenvalue weighted by Gasteiger charge is -2.35. The van der Waals surface area contributed by atoms with Crippen LogP contribution in [0.3, 0.4) is 0 Å². The van der Waals surface area contributed by atoms with Crippen LogP contribution in [-0.4, -0.2) is 87.2 Å². The first-order chi connectivity index (χ1) is 23.0. The Balaban J connectivity index is 1.22. The fourth-order valence-electron chi connectivity index (χ4n) is 5.56. The van der Waals surface area contributed by atoms with Crippen molar-refractivity contribution in [2.75, 3.05) is 49.6 Å². The normalized spacial score (nSPS) is 17.6. The van der Waals surface area contributed by atoms with E-state index in [0.29, 0.717) is 5.69 Å². The smallest absolute Gasteiger partial charge is 0.407 e. The van der Waals surface area contributed by atoms with Gasteiger partial charge < -0.3 is 24.6 Å². The van der Waals surface area contributed by atoms with Crippen molar-refractivity contribution in [2.24, 2.45) is 0 Å². The second kappa shape index (κ2) is 13.9. The number of aromatic nitrogens is 1. The molecule has 12 nitrogen and oxygen atoms in total. The third-order valence-electron chi connectivity index (χ3n) is 8.01. The number of methoxy groups -OCH3 is 1. The van der Waals surface area contributed by atoms with Crippen LogP contribution in [0.5, 0.6) is 0 Å². The van der Waals surface area contributed by atoms with Crippen LogP contribution >= 0.6 is 11.6 Å². The van der Waals surface area contributed by atoms with E-state index >= 15 is 8.78 Å². The number of rotatable bonds is 8. The molecule has 0 aliphatic carbocycles. The summed E-state index contributed by atoms with van der Waals surface area (Å²) in [6.45, 7) is 5.87. The lowest BCUT2D eigenvalue weighted by Crippen LogP contribution is -2.49. The minimum Gasteiger partial charge on any atom is -0.465 e. The first kappa shape index (κ1) is 36.0. The van der Waals surface area contributed by atoms with Crippen LogP contribution in [0.1, 0.15) is 48.7 Å². The van der Waals surface area contributed by atoms with Gasteiger partial charge in [-0.2, -0.15) is 13.1 Å². The van der Waals surface area contributed by atoms with E-state index in [1.54, 1.807) is 25.7 Å². The van der Waals surface area contributed by atoms with Gasteiger partial charge in [0.25, 0.3) is 5.92 Å². The summed E-state index contributed by atoms with van der Waals surface area (Å²) in [4.78, 5) is 43.9. The van der Waals surface area contributed by atoms with Crippen LogP contribution in [0.2, 0.25) is 5.15 Å². The Morgan fingerprint density at radius 3 is 2.18 bits per heavy atom. The summed E-state index contributed by atoms with van der Waals surface area (Å²) in [7, 11) is -2.73. The van der Waals surface area contributed by atoms with Gasteiger partial charge in [0.15, 0.2) is 0 Å². The maximum Gasteiger partial charge on any atom is 0.407 e. The van der Waals surface area contributed by atoms with Gasteiger partial charge in [-0.1, -0.05) is 23.7 Å². The molecule has 2 fully saturated rings. The van der Waals surface area contributed by atoms with Gasteiger partial charge in [0.05, 0.1) is 23.6 Å². The van der Waals surface area contributed by atoms with Gasteiger partial charge >= 0.3 is 12.1 Å². The lowest BCUT2D eigenvalue weighted by molar-refractivity contribution is -0.117. The molecule has 0 bridgehead atoms. The number of halogens is 3. The molecule has 49 heavy (non-hydrogen) atoms. The van der Waals surface area contributed by atoms with Crippen LogP contribution in [0.4, 0.5) is 25.1 Å². The van der Waals surface area contributed by atoms with Gasteiger partial charge in [0, 0.05) is 56.0 Å². The number of piperazine rings is 1. The van der Waals surface area contributed by atoms with Crippen molar-refractivity contribution in [3.8, 4) is 0 Å². The average Bonchev–Trinajstić information content (AvgIpc) is 3.42. The molecule has 16 heteroatoms. The number of nitrogens with one attached hydrogen (secondary N) is 1. The fourth-order valence-corrected chi connectivity index (χ4v) is 7.19. The van der Waals surface area contributed by atoms with Crippen molar-refractivity contribution >= 4 is 51.1 Å². The zero-order valence-electron chi connectivity index (χ0n) is 27.3. The summed E-state index contributed by atoms with van der Waals surface area (Å²) < 4.78 is 69.3. The molecule has 0 unspecified atom stereocenters. The zero-order chi connectivity index (χ0) is 35.7. The van der Waals surface area contributed by atoms with E-state index in [2.05, 4.69) is 15.0 Å². The Hall–Kier alpha value is -4.34. The molecule has 3 aromatic rings. The van der Waals surface area contributed by atoms with Crippen molar-refractivity contribution in [3.63, 3.8) is 0 Å². The van der Waals surface area contributed by atoms with Crippen molar-refractivity contribution in [1.29, 1.82) is 0 Å². The number of alkyl carbamates (subject to hydrolysis) is 1. The van der Waals surface area contributed by atoms with Gasteiger partial charge in [-0.25, -0.2) is 23.0 Å². The van der Waals surface area contributed by atoms with Gasteiger partial charge in [-0.15, -0.1) is 0 Å². The van der Waals surface area contributed by atoms with E-state index in [-0.39, 0.29) is 72.0 Å². The quantitative estimate of drug-likeness (QED) is 0.257. The summed E-state index contributed by atoms with van der Waals surface area (Å²) in [5.74, 6) is -4.17. The summed E-state index contributed by atoms with van der Waals surface area (Å²) in [6.07, 6.45) is -0.545. The number of alkyl halides is 2. The van der Waals surface area contributed by atoms with Crippen molar-refractivity contribution in [2.45, 2.75) is 49.7 Å². The molecule has 1 N–H and O–H groups in total. The Morgan fingerprint density at radius 2 is 1.59 bits per heavy atom. The number of carbonyl (C=O) groups excluding carboxylic acids is 3. The van der Waals surface area contributed by atoms with Crippen LogP contribution < -0.4 is 15.1 Å². The van der Waals surface area contributed by atoms with Crippen molar-refractivity contribution < 1.29 is 41.1 Å². The maximum atomic E-state index is 15.6. The third-order valence-corrected chi connectivity index (χ3v) is 10.1. The molecule has 2 amide bonds. The first-order valence-corrected chi connectivity index (χ1v) is 17.2. The minimum atomic E-state index is -3.92. The van der Waals surface area contributed by atoms with Crippen LogP contribution in [-0.2, 0) is 30.2 Å². The predicted molar refractivity (Wildman–Crippen MR) is 178 cm³/mol. The summed E-state index contributed by atoms with van der Waals surface area (Å²) in [5.41, 5.74) is -0.837. The molecule has 2 saturated heterocycles. The van der Waals surface area contributed by atoms with Gasteiger partial charge in [-0.3, -0.25) is 4.79 Å². The Morgan fingerprint density at radius 1 is 0.959 bits per heavy atom. The average molecular weight is 720 g/mol. The summed E-state index contributed by atoms with van der Waals surface area (Å²) >= 11 is 6.16. The fraction of sp³-hybridized carbons (Fsp3) is 0.394. The van der Waals surface area contributed by atoms with Gasteiger partial charge in [-0.05, 0) is 69.3 Å². The minimum absolute atomic E-state index is 0.0285. The third kappa shape index (κ3) is 8.11. The molecule has 0 spiro atoms. The molecule has 0 saturated carbocycles. The summed E-state index contributed by atoms with van der Waals surface area (Å²) in [5, 5.41) is 2.54. The number of ether oxygens (including phenoxy) is 2. The number of anilines is 2. The summed E-state index contributed by atoms with van der Waals surface area (Å²) in [6, 6.07) is 12.5. The number of pyridine rings is 1. The molecule has 1 atom stereocenters. The second-order valence-corrected chi connectivity index (χ2v) is 14.9. The number of benzene rings is 2. The van der Waals surface area contributed by atoms with Crippen LogP contribution in [0, 0.1) is 0 Å². The molecule has 5 rings (SSSR count).